The zero-order chi connectivity index (χ0) is 77.1. The molecule has 29 nitrogen and oxygen atoms in total. The topological polar surface area (TPSA) is 285 Å². The number of methoxy groups -OCH3 is 2. The van der Waals surface area contributed by atoms with Crippen LogP contribution in [0.5, 0.6) is 0 Å². The first-order valence-corrected chi connectivity index (χ1v) is 39.0. The standard InChI is InChI=1S/C80H129NO28.CH4/c1-69-9-15-73-74-16-14-72(71-12-10-70(11-13-71)7-4-8-79(84)109-81-77(82)17-18-78(81)83)68-76(74)80(75(73)67-69,19-5-21-87-27-29-91-35-37-95-43-45-99-51-53-103-59-61-107-65-63-105-57-55-101-49-47-97-41-39-93-33-31-89-25-23-85-2)20-6-22-88-28-30-92-36-38-96-44-46-100-52-54-104-60-62-108-66-64-106-58-56-102-50-48-98-42-40-94-34-32-90-26-24-86-3;/h9-16,67-68H,4-8,17-66H2,1-3H3;1H4. The lowest BCUT2D eigenvalue weighted by molar-refractivity contribution is -0.197. The average molecular weight is 1570 g/mol. The van der Waals surface area contributed by atoms with Crippen molar-refractivity contribution in [1.82, 2.24) is 5.06 Å². The zero-order valence-electron chi connectivity index (χ0n) is 65.5. The molecule has 1 aliphatic heterocycles. The van der Waals surface area contributed by atoms with Gasteiger partial charge in [-0.25, -0.2) is 4.79 Å². The van der Waals surface area contributed by atoms with Crippen molar-refractivity contribution in [2.24, 2.45) is 0 Å². The third-order valence-corrected chi connectivity index (χ3v) is 16.9. The molecule has 5 rings (SSSR count). The van der Waals surface area contributed by atoms with Crippen LogP contribution in [-0.2, 0) is 145 Å². The van der Waals surface area contributed by atoms with Crippen molar-refractivity contribution < 1.29 is 133 Å². The van der Waals surface area contributed by atoms with Gasteiger partial charge >= 0.3 is 5.97 Å². The Morgan fingerprint density at radius 2 is 0.573 bits per heavy atom. The summed E-state index contributed by atoms with van der Waals surface area (Å²) in [5, 5.41) is 0.600. The minimum Gasteiger partial charge on any atom is -0.382 e. The lowest BCUT2D eigenvalue weighted by atomic mass is 9.71. The molecule has 0 atom stereocenters. The Bertz CT molecular complexity index is 2590. The number of hydrogen-bond donors (Lipinski definition) is 0. The second-order valence-electron chi connectivity index (χ2n) is 25.2. The molecule has 110 heavy (non-hydrogen) atoms. The first-order valence-electron chi connectivity index (χ1n) is 39.0. The van der Waals surface area contributed by atoms with Gasteiger partial charge in [0, 0.05) is 52.1 Å². The number of imide groups is 1. The molecule has 0 saturated carbocycles. The number of carbonyl (C=O) groups is 3. The smallest absolute Gasteiger partial charge is 0.333 e. The molecule has 0 radical (unpaired) electrons. The summed E-state index contributed by atoms with van der Waals surface area (Å²) in [6.45, 7) is 24.9. The molecule has 0 bridgehead atoms. The molecule has 0 aromatic heterocycles. The van der Waals surface area contributed by atoms with Gasteiger partial charge in [-0.1, -0.05) is 67.6 Å². The highest BCUT2D eigenvalue weighted by Gasteiger charge is 2.43. The highest BCUT2D eigenvalue weighted by Crippen LogP contribution is 2.55. The van der Waals surface area contributed by atoms with Crippen molar-refractivity contribution >= 4 is 17.8 Å². The molecule has 630 valence electrons. The van der Waals surface area contributed by atoms with E-state index in [1.54, 1.807) is 14.2 Å². The van der Waals surface area contributed by atoms with Crippen LogP contribution in [0.1, 0.15) is 81.0 Å². The van der Waals surface area contributed by atoms with Crippen LogP contribution in [0.4, 0.5) is 0 Å². The van der Waals surface area contributed by atoms with E-state index in [-0.39, 0.29) is 32.1 Å². The summed E-state index contributed by atoms with van der Waals surface area (Å²) in [5.41, 5.74) is 9.28. The van der Waals surface area contributed by atoms with E-state index in [1.807, 2.05) is 0 Å². The zero-order valence-corrected chi connectivity index (χ0v) is 65.5. The van der Waals surface area contributed by atoms with Crippen molar-refractivity contribution in [3.05, 3.63) is 82.9 Å². The lowest BCUT2D eigenvalue weighted by Gasteiger charge is -2.33. The van der Waals surface area contributed by atoms with Crippen LogP contribution in [0.25, 0.3) is 22.3 Å². The minimum atomic E-state index is -0.595. The fourth-order valence-electron chi connectivity index (χ4n) is 11.4. The van der Waals surface area contributed by atoms with Gasteiger partial charge in [0.25, 0.3) is 11.8 Å². The van der Waals surface area contributed by atoms with Gasteiger partial charge in [-0.3, -0.25) is 9.59 Å². The average Bonchev–Trinajstić information content (AvgIpc) is 1.56. The summed E-state index contributed by atoms with van der Waals surface area (Å²) in [6, 6.07) is 22.1. The maximum atomic E-state index is 12.5. The Morgan fingerprint density at radius 1 is 0.318 bits per heavy atom. The van der Waals surface area contributed by atoms with Crippen LogP contribution >= 0.6 is 0 Å². The summed E-state index contributed by atoms with van der Waals surface area (Å²) >= 11 is 0. The summed E-state index contributed by atoms with van der Waals surface area (Å²) in [6.07, 6.45) is 4.75. The Hall–Kier alpha value is -4.69. The van der Waals surface area contributed by atoms with Crippen LogP contribution in [0.3, 0.4) is 0 Å². The van der Waals surface area contributed by atoms with Crippen molar-refractivity contribution in [3.8, 4) is 22.3 Å². The Labute approximate surface area is 654 Å². The maximum absolute atomic E-state index is 12.5. The van der Waals surface area contributed by atoms with E-state index in [9.17, 15) is 14.4 Å². The number of nitrogens with zero attached hydrogens (tertiary/aromatic N) is 1. The van der Waals surface area contributed by atoms with Crippen molar-refractivity contribution in [1.29, 1.82) is 0 Å². The molecule has 1 saturated heterocycles. The SMILES string of the molecule is C.COCCOCCOCCOCCOCCOCCOCCOCCOCCOCCOCCOCCCC1(CCCOCCOCCOCCOCCOCCOCCOCCOCCOCCOCCOCCOC)c2cc(C)ccc2-c2ccc(-c3ccc(CCCC(=O)ON4C(=O)CCC4=O)cc3)cc21. The first-order chi connectivity index (χ1) is 53.9. The van der Waals surface area contributed by atoms with E-state index < -0.39 is 17.8 Å². The molecular weight excluding hydrogens is 1430 g/mol. The molecule has 1 aliphatic carbocycles. The number of fused-ring (bicyclic) bond motifs is 3. The second-order valence-corrected chi connectivity index (χ2v) is 25.2. The monoisotopic (exact) mass is 1570 g/mol. The molecule has 0 spiro atoms. The molecule has 3 aromatic rings. The van der Waals surface area contributed by atoms with Gasteiger partial charge in [-0.05, 0) is 90.5 Å². The molecular formula is C81H133NO28. The molecule has 0 unspecified atom stereocenters. The number of hydrogen-bond acceptors (Lipinski definition) is 28. The van der Waals surface area contributed by atoms with Crippen molar-refractivity contribution in [3.63, 3.8) is 0 Å². The molecule has 1 fully saturated rings. The van der Waals surface area contributed by atoms with Crippen LogP contribution < -0.4 is 0 Å². The van der Waals surface area contributed by atoms with Crippen molar-refractivity contribution in [2.75, 3.05) is 318 Å². The Balaban J connectivity index is 0.0000255. The fourth-order valence-corrected chi connectivity index (χ4v) is 11.4. The van der Waals surface area contributed by atoms with Crippen LogP contribution in [0.15, 0.2) is 60.7 Å². The Kier molecular flexibility index (Phi) is 61.0. The van der Waals surface area contributed by atoms with Gasteiger partial charge in [0.2, 0.25) is 0 Å². The van der Waals surface area contributed by atoms with Gasteiger partial charge < -0.3 is 119 Å². The normalized spacial score (nSPS) is 13.1. The Morgan fingerprint density at radius 3 is 0.864 bits per heavy atom. The molecule has 3 aromatic carbocycles. The fraction of sp³-hybridized carbons (Fsp3) is 0.741. The lowest BCUT2D eigenvalue weighted by Crippen LogP contribution is -2.31. The largest absolute Gasteiger partial charge is 0.382 e. The summed E-state index contributed by atoms with van der Waals surface area (Å²) in [5.74, 6) is -1.56. The van der Waals surface area contributed by atoms with E-state index in [2.05, 4.69) is 67.6 Å². The number of carbonyl (C=O) groups excluding carboxylic acids is 3. The van der Waals surface area contributed by atoms with E-state index in [1.165, 1.54) is 27.8 Å². The van der Waals surface area contributed by atoms with Gasteiger partial charge in [0.15, 0.2) is 0 Å². The highest BCUT2D eigenvalue weighted by atomic mass is 16.7. The van der Waals surface area contributed by atoms with Gasteiger partial charge in [0.05, 0.1) is 291 Å². The summed E-state index contributed by atoms with van der Waals surface area (Å²) in [4.78, 5) is 41.4. The molecule has 29 heteroatoms. The predicted molar refractivity (Wildman–Crippen MR) is 410 cm³/mol. The van der Waals surface area contributed by atoms with Crippen molar-refractivity contribution in [2.45, 2.75) is 77.6 Å². The second kappa shape index (κ2) is 68.7. The summed E-state index contributed by atoms with van der Waals surface area (Å²) in [7, 11) is 3.29. The third kappa shape index (κ3) is 46.6. The van der Waals surface area contributed by atoms with Gasteiger partial charge in [0.1, 0.15) is 0 Å². The number of aryl methyl sites for hydroxylation is 2. The maximum Gasteiger partial charge on any atom is 0.333 e. The molecule has 2 aliphatic rings. The number of benzene rings is 3. The quantitative estimate of drug-likeness (QED) is 0.0386. The van der Waals surface area contributed by atoms with E-state index in [4.69, 9.17) is 119 Å². The highest BCUT2D eigenvalue weighted by molar-refractivity contribution is 6.01. The number of ether oxygens (including phenoxy) is 24. The van der Waals surface area contributed by atoms with Gasteiger partial charge in [-0.2, -0.15) is 0 Å². The number of rotatable bonds is 80. The van der Waals surface area contributed by atoms with Crippen LogP contribution in [0.2, 0.25) is 0 Å². The van der Waals surface area contributed by atoms with E-state index in [0.29, 0.717) is 322 Å². The molecule has 0 N–H and O–H groups in total. The predicted octanol–water partition coefficient (Wildman–Crippen LogP) is 7.71. The third-order valence-electron chi connectivity index (χ3n) is 16.9. The molecule has 1 heterocycles. The van der Waals surface area contributed by atoms with E-state index in [0.717, 1.165) is 42.4 Å². The minimum absolute atomic E-state index is 0. The van der Waals surface area contributed by atoms with Gasteiger partial charge in [-0.15, -0.1) is 5.06 Å². The van der Waals surface area contributed by atoms with E-state index >= 15 is 0 Å². The summed E-state index contributed by atoms with van der Waals surface area (Å²) < 4.78 is 134. The number of hydroxylamine groups is 2. The van der Waals surface area contributed by atoms with Crippen LogP contribution in [-0.4, -0.2) is 341 Å². The first kappa shape index (κ1) is 97.7. The molecule has 2 amide bonds. The number of amides is 2. The van der Waals surface area contributed by atoms with Crippen LogP contribution in [0, 0.1) is 6.92 Å².